The van der Waals surface area contributed by atoms with Crippen LogP contribution in [0.4, 0.5) is 0 Å². The summed E-state index contributed by atoms with van der Waals surface area (Å²) >= 11 is 6.08. The fourth-order valence-electron chi connectivity index (χ4n) is 1.62. The molecule has 0 aliphatic rings. The standard InChI is InChI=1S/C13H18ClNO2/c1-8(2)12(13(16)17)15-7-10-5-4-9(3)6-11(10)14/h4-6,8,12,15H,7H2,1-3H3,(H,16,17). The van der Waals surface area contributed by atoms with Crippen molar-refractivity contribution in [3.63, 3.8) is 0 Å². The first kappa shape index (κ1) is 14.0. The van der Waals surface area contributed by atoms with Gasteiger partial charge < -0.3 is 10.4 Å². The van der Waals surface area contributed by atoms with Crippen LogP contribution in [-0.4, -0.2) is 17.1 Å². The van der Waals surface area contributed by atoms with Gasteiger partial charge in [0.05, 0.1) is 0 Å². The minimum atomic E-state index is -0.830. The Morgan fingerprint density at radius 2 is 2.12 bits per heavy atom. The van der Waals surface area contributed by atoms with Crippen LogP contribution < -0.4 is 5.32 Å². The average molecular weight is 256 g/mol. The predicted molar refractivity (Wildman–Crippen MR) is 69.3 cm³/mol. The monoisotopic (exact) mass is 255 g/mol. The third-order valence-electron chi connectivity index (χ3n) is 2.65. The van der Waals surface area contributed by atoms with Crippen LogP contribution in [0.25, 0.3) is 0 Å². The largest absolute Gasteiger partial charge is 0.480 e. The molecule has 1 unspecified atom stereocenters. The van der Waals surface area contributed by atoms with Crippen molar-refractivity contribution in [1.29, 1.82) is 0 Å². The fraction of sp³-hybridized carbons (Fsp3) is 0.462. The number of carboxylic acid groups (broad SMARTS) is 1. The van der Waals surface area contributed by atoms with Crippen LogP contribution in [0.5, 0.6) is 0 Å². The number of aliphatic carboxylic acids is 1. The van der Waals surface area contributed by atoms with Gasteiger partial charge in [0.25, 0.3) is 0 Å². The van der Waals surface area contributed by atoms with Gasteiger partial charge in [-0.25, -0.2) is 0 Å². The molecule has 17 heavy (non-hydrogen) atoms. The van der Waals surface area contributed by atoms with E-state index < -0.39 is 12.0 Å². The molecule has 0 amide bonds. The topological polar surface area (TPSA) is 49.3 Å². The third kappa shape index (κ3) is 4.02. The summed E-state index contributed by atoms with van der Waals surface area (Å²) in [5.74, 6) is -0.792. The second kappa shape index (κ2) is 6.03. The number of halogens is 1. The third-order valence-corrected chi connectivity index (χ3v) is 3.01. The van der Waals surface area contributed by atoms with Gasteiger partial charge in [0, 0.05) is 11.6 Å². The maximum atomic E-state index is 11.0. The van der Waals surface area contributed by atoms with Crippen molar-refractivity contribution in [2.24, 2.45) is 5.92 Å². The van der Waals surface area contributed by atoms with Crippen molar-refractivity contribution in [2.75, 3.05) is 0 Å². The van der Waals surface area contributed by atoms with Crippen LogP contribution in [0.1, 0.15) is 25.0 Å². The number of hydrogen-bond acceptors (Lipinski definition) is 2. The Labute approximate surface area is 107 Å². The molecule has 1 aromatic rings. The molecule has 0 saturated heterocycles. The van der Waals surface area contributed by atoms with E-state index in [9.17, 15) is 4.79 Å². The molecule has 1 rings (SSSR count). The molecule has 0 fully saturated rings. The van der Waals surface area contributed by atoms with Crippen LogP contribution in [0, 0.1) is 12.8 Å². The van der Waals surface area contributed by atoms with E-state index in [1.165, 1.54) is 0 Å². The van der Waals surface area contributed by atoms with E-state index in [0.29, 0.717) is 11.6 Å². The molecule has 0 spiro atoms. The molecule has 0 aliphatic heterocycles. The smallest absolute Gasteiger partial charge is 0.320 e. The molecule has 3 nitrogen and oxygen atoms in total. The van der Waals surface area contributed by atoms with Gasteiger partial charge in [-0.3, -0.25) is 4.79 Å². The van der Waals surface area contributed by atoms with Crippen molar-refractivity contribution >= 4 is 17.6 Å². The highest BCUT2D eigenvalue weighted by atomic mass is 35.5. The maximum Gasteiger partial charge on any atom is 0.320 e. The van der Waals surface area contributed by atoms with Crippen molar-refractivity contribution < 1.29 is 9.90 Å². The van der Waals surface area contributed by atoms with Gasteiger partial charge in [0.2, 0.25) is 0 Å². The van der Waals surface area contributed by atoms with Crippen molar-refractivity contribution in [1.82, 2.24) is 5.32 Å². The second-order valence-corrected chi connectivity index (χ2v) is 4.94. The van der Waals surface area contributed by atoms with Gasteiger partial charge in [0.15, 0.2) is 0 Å². The van der Waals surface area contributed by atoms with Gasteiger partial charge in [-0.2, -0.15) is 0 Å². The Kier molecular flexibility index (Phi) is 4.97. The zero-order chi connectivity index (χ0) is 13.0. The maximum absolute atomic E-state index is 11.0. The minimum Gasteiger partial charge on any atom is -0.480 e. The van der Waals surface area contributed by atoms with Gasteiger partial charge >= 0.3 is 5.97 Å². The first-order valence-electron chi connectivity index (χ1n) is 5.63. The van der Waals surface area contributed by atoms with Crippen molar-refractivity contribution in [3.8, 4) is 0 Å². The number of rotatable bonds is 5. The Bertz CT molecular complexity index is 404. The molecule has 0 aliphatic carbocycles. The van der Waals surface area contributed by atoms with E-state index in [0.717, 1.165) is 11.1 Å². The highest BCUT2D eigenvalue weighted by molar-refractivity contribution is 6.31. The zero-order valence-corrected chi connectivity index (χ0v) is 11.1. The van der Waals surface area contributed by atoms with Crippen molar-refractivity contribution in [2.45, 2.75) is 33.4 Å². The molecule has 0 saturated carbocycles. The van der Waals surface area contributed by atoms with E-state index in [1.807, 2.05) is 39.0 Å². The van der Waals surface area contributed by atoms with Crippen LogP contribution in [0.3, 0.4) is 0 Å². The lowest BCUT2D eigenvalue weighted by atomic mass is 10.0. The summed E-state index contributed by atoms with van der Waals surface area (Å²) in [6.45, 7) is 6.19. The zero-order valence-electron chi connectivity index (χ0n) is 10.3. The van der Waals surface area contributed by atoms with Crippen LogP contribution in [-0.2, 0) is 11.3 Å². The first-order chi connectivity index (χ1) is 7.91. The molecule has 1 atom stereocenters. The summed E-state index contributed by atoms with van der Waals surface area (Å²) in [5.41, 5.74) is 2.02. The summed E-state index contributed by atoms with van der Waals surface area (Å²) < 4.78 is 0. The normalized spacial score (nSPS) is 12.8. The summed E-state index contributed by atoms with van der Waals surface area (Å²) in [6, 6.07) is 5.22. The molecular weight excluding hydrogens is 238 g/mol. The molecule has 0 aromatic heterocycles. The molecule has 2 N–H and O–H groups in total. The van der Waals surface area contributed by atoms with Gasteiger partial charge in [-0.15, -0.1) is 0 Å². The average Bonchev–Trinajstić information content (AvgIpc) is 2.20. The van der Waals surface area contributed by atoms with Gasteiger partial charge in [-0.05, 0) is 30.0 Å². The molecule has 0 heterocycles. The molecule has 94 valence electrons. The Hall–Kier alpha value is -1.06. The predicted octanol–water partition coefficient (Wildman–Crippen LogP) is 2.85. The van der Waals surface area contributed by atoms with Crippen LogP contribution in [0.2, 0.25) is 5.02 Å². The molecule has 4 heteroatoms. The van der Waals surface area contributed by atoms with Crippen molar-refractivity contribution in [3.05, 3.63) is 34.3 Å². The fourth-order valence-corrected chi connectivity index (χ4v) is 1.93. The van der Waals surface area contributed by atoms with E-state index >= 15 is 0 Å². The SMILES string of the molecule is Cc1ccc(CNC(C(=O)O)C(C)C)c(Cl)c1. The van der Waals surface area contributed by atoms with E-state index in [4.69, 9.17) is 16.7 Å². The summed E-state index contributed by atoms with van der Waals surface area (Å²) in [5, 5.41) is 12.7. The highest BCUT2D eigenvalue weighted by Gasteiger charge is 2.20. The number of carboxylic acids is 1. The highest BCUT2D eigenvalue weighted by Crippen LogP contribution is 2.17. The summed E-state index contributed by atoms with van der Waals surface area (Å²) in [7, 11) is 0. The number of hydrogen-bond donors (Lipinski definition) is 2. The summed E-state index contributed by atoms with van der Waals surface area (Å²) in [4.78, 5) is 11.0. The lowest BCUT2D eigenvalue weighted by Crippen LogP contribution is -2.40. The molecule has 1 aromatic carbocycles. The molecule has 0 bridgehead atoms. The van der Waals surface area contributed by atoms with Gasteiger partial charge in [0.1, 0.15) is 6.04 Å². The molecular formula is C13H18ClNO2. The van der Waals surface area contributed by atoms with Crippen LogP contribution in [0.15, 0.2) is 18.2 Å². The number of carbonyl (C=O) groups is 1. The Morgan fingerprint density at radius 3 is 2.59 bits per heavy atom. The van der Waals surface area contributed by atoms with Gasteiger partial charge in [-0.1, -0.05) is 37.6 Å². The Morgan fingerprint density at radius 1 is 1.47 bits per heavy atom. The number of nitrogens with one attached hydrogen (secondary N) is 1. The van der Waals surface area contributed by atoms with E-state index in [2.05, 4.69) is 5.32 Å². The molecule has 0 radical (unpaired) electrons. The number of aryl methyl sites for hydroxylation is 1. The quantitative estimate of drug-likeness (QED) is 0.851. The van der Waals surface area contributed by atoms with Crippen LogP contribution >= 0.6 is 11.6 Å². The lowest BCUT2D eigenvalue weighted by Gasteiger charge is -2.18. The lowest BCUT2D eigenvalue weighted by molar-refractivity contribution is -0.140. The first-order valence-corrected chi connectivity index (χ1v) is 6.01. The summed E-state index contributed by atoms with van der Waals surface area (Å²) in [6.07, 6.45) is 0. The Balaban J connectivity index is 2.69. The minimum absolute atomic E-state index is 0.0386. The second-order valence-electron chi connectivity index (χ2n) is 4.54. The number of benzene rings is 1. The van der Waals surface area contributed by atoms with E-state index in [1.54, 1.807) is 0 Å². The van der Waals surface area contributed by atoms with E-state index in [-0.39, 0.29) is 5.92 Å².